The van der Waals surface area contributed by atoms with Crippen molar-refractivity contribution in [3.63, 3.8) is 0 Å². The lowest BCUT2D eigenvalue weighted by Gasteiger charge is -2.43. The quantitative estimate of drug-likeness (QED) is 0.703. The Hall–Kier alpha value is -0.120. The first-order valence-corrected chi connectivity index (χ1v) is 7.81. The second-order valence-electron chi connectivity index (χ2n) is 6.46. The highest BCUT2D eigenvalue weighted by Crippen LogP contribution is 2.36. The lowest BCUT2D eigenvalue weighted by Crippen LogP contribution is -2.57. The van der Waals surface area contributed by atoms with E-state index in [2.05, 4.69) is 12.2 Å². The fourth-order valence-corrected chi connectivity index (χ4v) is 3.88. The van der Waals surface area contributed by atoms with Crippen molar-refractivity contribution in [2.45, 2.75) is 69.9 Å². The summed E-state index contributed by atoms with van der Waals surface area (Å²) in [6.07, 6.45) is 10.0. The smallest absolute Gasteiger partial charge is 0.0474 e. The Morgan fingerprint density at radius 3 is 2.50 bits per heavy atom. The molecule has 0 amide bonds. The van der Waals surface area contributed by atoms with E-state index < -0.39 is 0 Å². The van der Waals surface area contributed by atoms with Crippen LogP contribution in [0.2, 0.25) is 0 Å². The van der Waals surface area contributed by atoms with E-state index in [0.717, 1.165) is 12.5 Å². The van der Waals surface area contributed by atoms with Gasteiger partial charge in [0.2, 0.25) is 0 Å². The van der Waals surface area contributed by atoms with Crippen molar-refractivity contribution in [1.29, 1.82) is 0 Å². The molecule has 3 nitrogen and oxygen atoms in total. The minimum Gasteiger partial charge on any atom is -0.396 e. The molecule has 2 unspecified atom stereocenters. The Kier molecular flexibility index (Phi) is 5.05. The lowest BCUT2D eigenvalue weighted by molar-refractivity contribution is 0.140. The molecule has 2 atom stereocenters. The van der Waals surface area contributed by atoms with Crippen molar-refractivity contribution in [3.8, 4) is 0 Å². The van der Waals surface area contributed by atoms with Gasteiger partial charge in [0, 0.05) is 24.7 Å². The molecule has 0 bridgehead atoms. The number of hydrogen-bond donors (Lipinski definition) is 3. The van der Waals surface area contributed by atoms with Crippen molar-refractivity contribution >= 4 is 0 Å². The summed E-state index contributed by atoms with van der Waals surface area (Å²) in [6, 6.07) is 0.497. The summed E-state index contributed by atoms with van der Waals surface area (Å²) in [5.74, 6) is 1.36. The van der Waals surface area contributed by atoms with Gasteiger partial charge in [-0.1, -0.05) is 19.8 Å². The number of hydrogen-bond acceptors (Lipinski definition) is 3. The molecule has 0 spiro atoms. The van der Waals surface area contributed by atoms with Crippen molar-refractivity contribution in [1.82, 2.24) is 5.32 Å². The summed E-state index contributed by atoms with van der Waals surface area (Å²) in [5.41, 5.74) is 6.23. The molecule has 0 radical (unpaired) electrons. The van der Waals surface area contributed by atoms with Crippen molar-refractivity contribution in [2.24, 2.45) is 17.6 Å². The van der Waals surface area contributed by atoms with Gasteiger partial charge in [-0.3, -0.25) is 0 Å². The van der Waals surface area contributed by atoms with E-state index in [1.807, 2.05) is 0 Å². The number of rotatable bonds is 5. The van der Waals surface area contributed by atoms with Gasteiger partial charge in [-0.25, -0.2) is 0 Å². The van der Waals surface area contributed by atoms with Crippen LogP contribution in [0, 0.1) is 11.8 Å². The van der Waals surface area contributed by atoms with E-state index in [1.165, 1.54) is 51.4 Å². The molecule has 2 fully saturated rings. The molecule has 4 N–H and O–H groups in total. The molecule has 0 heterocycles. The first-order chi connectivity index (χ1) is 8.73. The third-order valence-electron chi connectivity index (χ3n) is 5.42. The highest BCUT2D eigenvalue weighted by molar-refractivity contribution is 4.98. The molecule has 2 saturated carbocycles. The molecule has 3 heteroatoms. The summed E-state index contributed by atoms with van der Waals surface area (Å²) in [4.78, 5) is 0. The average molecular weight is 254 g/mol. The van der Waals surface area contributed by atoms with Gasteiger partial charge in [-0.15, -0.1) is 0 Å². The largest absolute Gasteiger partial charge is 0.396 e. The highest BCUT2D eigenvalue weighted by atomic mass is 16.3. The van der Waals surface area contributed by atoms with E-state index in [4.69, 9.17) is 5.73 Å². The molecule has 0 aliphatic heterocycles. The fraction of sp³-hybridized carbons (Fsp3) is 1.00. The zero-order valence-electron chi connectivity index (χ0n) is 11.8. The van der Waals surface area contributed by atoms with Crippen LogP contribution in [0.4, 0.5) is 0 Å². The lowest BCUT2D eigenvalue weighted by atomic mass is 9.75. The monoisotopic (exact) mass is 254 g/mol. The van der Waals surface area contributed by atoms with Crippen molar-refractivity contribution < 1.29 is 5.11 Å². The van der Waals surface area contributed by atoms with Crippen LogP contribution in [-0.2, 0) is 0 Å². The summed E-state index contributed by atoms with van der Waals surface area (Å²) in [6.45, 7) is 3.38. The average Bonchev–Trinajstić information content (AvgIpc) is 2.86. The molecule has 0 aromatic carbocycles. The summed E-state index contributed by atoms with van der Waals surface area (Å²) < 4.78 is 0. The van der Waals surface area contributed by atoms with Crippen LogP contribution >= 0.6 is 0 Å². The van der Waals surface area contributed by atoms with Gasteiger partial charge in [0.1, 0.15) is 0 Å². The molecular weight excluding hydrogens is 224 g/mol. The Morgan fingerprint density at radius 2 is 1.94 bits per heavy atom. The number of nitrogens with one attached hydrogen (secondary N) is 1. The van der Waals surface area contributed by atoms with Gasteiger partial charge in [-0.05, 0) is 50.4 Å². The maximum absolute atomic E-state index is 9.43. The maximum atomic E-state index is 9.43. The minimum atomic E-state index is 0.161. The molecule has 106 valence electrons. The van der Waals surface area contributed by atoms with Crippen LogP contribution in [0.15, 0.2) is 0 Å². The van der Waals surface area contributed by atoms with Gasteiger partial charge >= 0.3 is 0 Å². The highest BCUT2D eigenvalue weighted by Gasteiger charge is 2.38. The van der Waals surface area contributed by atoms with E-state index in [-0.39, 0.29) is 5.54 Å². The molecule has 2 rings (SSSR count). The summed E-state index contributed by atoms with van der Waals surface area (Å²) in [7, 11) is 0. The Balaban J connectivity index is 1.92. The SMILES string of the molecule is CCC1CCC(CN)(NC2CCCC2CO)CC1. The van der Waals surface area contributed by atoms with Crippen LogP contribution in [0.3, 0.4) is 0 Å². The number of aliphatic hydroxyl groups is 1. The summed E-state index contributed by atoms with van der Waals surface area (Å²) >= 11 is 0. The molecule has 0 aromatic heterocycles. The molecule has 0 aromatic rings. The minimum absolute atomic E-state index is 0.161. The molecule has 18 heavy (non-hydrogen) atoms. The first kappa shape index (κ1) is 14.3. The van der Waals surface area contributed by atoms with Gasteiger partial charge in [0.15, 0.2) is 0 Å². The predicted molar refractivity (Wildman–Crippen MR) is 75.4 cm³/mol. The third-order valence-corrected chi connectivity index (χ3v) is 5.42. The Bertz CT molecular complexity index is 249. The second-order valence-corrected chi connectivity index (χ2v) is 6.46. The van der Waals surface area contributed by atoms with Gasteiger partial charge in [-0.2, -0.15) is 0 Å². The second kappa shape index (κ2) is 6.36. The van der Waals surface area contributed by atoms with Crippen LogP contribution in [0.25, 0.3) is 0 Å². The van der Waals surface area contributed by atoms with E-state index in [0.29, 0.717) is 18.6 Å². The van der Waals surface area contributed by atoms with Crippen LogP contribution < -0.4 is 11.1 Å². The van der Waals surface area contributed by atoms with Crippen LogP contribution in [0.5, 0.6) is 0 Å². The topological polar surface area (TPSA) is 58.3 Å². The zero-order valence-corrected chi connectivity index (χ0v) is 11.8. The van der Waals surface area contributed by atoms with Gasteiger partial charge < -0.3 is 16.2 Å². The van der Waals surface area contributed by atoms with Crippen molar-refractivity contribution in [2.75, 3.05) is 13.2 Å². The fourth-order valence-electron chi connectivity index (χ4n) is 3.88. The molecule has 2 aliphatic rings. The molecule has 2 aliphatic carbocycles. The van der Waals surface area contributed by atoms with E-state index in [9.17, 15) is 5.11 Å². The first-order valence-electron chi connectivity index (χ1n) is 7.81. The van der Waals surface area contributed by atoms with E-state index >= 15 is 0 Å². The number of aliphatic hydroxyl groups excluding tert-OH is 1. The van der Waals surface area contributed by atoms with Crippen LogP contribution in [-0.4, -0.2) is 29.8 Å². The van der Waals surface area contributed by atoms with Crippen LogP contribution in [0.1, 0.15) is 58.3 Å². The normalized spacial score (nSPS) is 41.2. The van der Waals surface area contributed by atoms with E-state index in [1.54, 1.807) is 0 Å². The maximum Gasteiger partial charge on any atom is 0.0474 e. The Morgan fingerprint density at radius 1 is 1.22 bits per heavy atom. The third kappa shape index (κ3) is 3.06. The zero-order chi connectivity index (χ0) is 13.0. The predicted octanol–water partition coefficient (Wildman–Crippen LogP) is 2.03. The molecular formula is C15H30N2O. The molecule has 0 saturated heterocycles. The number of nitrogens with two attached hydrogens (primary N) is 1. The van der Waals surface area contributed by atoms with Gasteiger partial charge in [0.05, 0.1) is 0 Å². The summed E-state index contributed by atoms with van der Waals surface area (Å²) in [5, 5.41) is 13.3. The van der Waals surface area contributed by atoms with Crippen molar-refractivity contribution in [3.05, 3.63) is 0 Å². The van der Waals surface area contributed by atoms with Gasteiger partial charge in [0.25, 0.3) is 0 Å². The standard InChI is InChI=1S/C15H30N2O/c1-2-12-6-8-15(11-16,9-7-12)17-14-5-3-4-13(14)10-18/h12-14,17-18H,2-11,16H2,1H3. The Labute approximate surface area is 112 Å².